The van der Waals surface area contributed by atoms with Crippen LogP contribution in [0.1, 0.15) is 18.1 Å². The van der Waals surface area contributed by atoms with Crippen LogP contribution >= 0.6 is 23.2 Å². The summed E-state index contributed by atoms with van der Waals surface area (Å²) in [5, 5.41) is 9.49. The van der Waals surface area contributed by atoms with Crippen molar-refractivity contribution in [3.8, 4) is 17.6 Å². The minimum absolute atomic E-state index is 0.102. The molecule has 0 spiro atoms. The molecule has 3 nitrogen and oxygen atoms in total. The van der Waals surface area contributed by atoms with Crippen molar-refractivity contribution in [3.63, 3.8) is 0 Å². The normalized spacial score (nSPS) is 10.1. The van der Waals surface area contributed by atoms with Gasteiger partial charge in [-0.1, -0.05) is 29.3 Å². The van der Waals surface area contributed by atoms with Crippen LogP contribution in [0.3, 0.4) is 0 Å². The summed E-state index contributed by atoms with van der Waals surface area (Å²) in [7, 11) is 0. The molecule has 0 aliphatic rings. The van der Waals surface area contributed by atoms with E-state index in [0.29, 0.717) is 29.2 Å². The van der Waals surface area contributed by atoms with E-state index < -0.39 is 5.82 Å². The number of hydrogen-bond donors (Lipinski definition) is 0. The lowest BCUT2D eigenvalue weighted by Gasteiger charge is -2.14. The van der Waals surface area contributed by atoms with Crippen LogP contribution in [0.5, 0.6) is 11.5 Å². The van der Waals surface area contributed by atoms with Gasteiger partial charge in [0.05, 0.1) is 28.3 Å². The molecule has 114 valence electrons. The molecule has 2 aromatic carbocycles. The fourth-order valence-corrected chi connectivity index (χ4v) is 2.31. The summed E-state index contributed by atoms with van der Waals surface area (Å²) in [6.45, 7) is 2.32. The standard InChI is InChI=1S/C16H12Cl2FNO2/c1-2-21-15-6-10(8-20)5-14(18)16(15)22-9-11-3-4-12(19)7-13(11)17/h3-7H,2,9H2,1H3. The molecule has 22 heavy (non-hydrogen) atoms. The van der Waals surface area contributed by atoms with Gasteiger partial charge in [-0.2, -0.15) is 5.26 Å². The van der Waals surface area contributed by atoms with Gasteiger partial charge in [0.1, 0.15) is 12.4 Å². The molecule has 0 aromatic heterocycles. The van der Waals surface area contributed by atoms with Crippen LogP contribution < -0.4 is 9.47 Å². The van der Waals surface area contributed by atoms with Gasteiger partial charge < -0.3 is 9.47 Å². The average Bonchev–Trinajstić information content (AvgIpc) is 2.48. The molecule has 0 bridgehead atoms. The Labute approximate surface area is 137 Å². The zero-order valence-electron chi connectivity index (χ0n) is 11.7. The summed E-state index contributed by atoms with van der Waals surface area (Å²) in [5.41, 5.74) is 0.992. The van der Waals surface area contributed by atoms with Crippen molar-refractivity contribution in [2.24, 2.45) is 0 Å². The largest absolute Gasteiger partial charge is 0.490 e. The Morgan fingerprint density at radius 2 is 1.91 bits per heavy atom. The average molecular weight is 340 g/mol. The summed E-state index contributed by atoms with van der Waals surface area (Å²) in [6.07, 6.45) is 0. The molecular weight excluding hydrogens is 328 g/mol. The van der Waals surface area contributed by atoms with E-state index in [2.05, 4.69) is 0 Å². The maximum absolute atomic E-state index is 13.0. The van der Waals surface area contributed by atoms with E-state index in [1.807, 2.05) is 13.0 Å². The SMILES string of the molecule is CCOc1cc(C#N)cc(Cl)c1OCc1ccc(F)cc1Cl. The number of rotatable bonds is 5. The molecule has 0 heterocycles. The first kappa shape index (κ1) is 16.4. The first-order valence-electron chi connectivity index (χ1n) is 6.48. The number of nitriles is 1. The van der Waals surface area contributed by atoms with Gasteiger partial charge in [0.15, 0.2) is 11.5 Å². The Kier molecular flexibility index (Phi) is 5.48. The monoisotopic (exact) mass is 339 g/mol. The lowest BCUT2D eigenvalue weighted by atomic mass is 10.2. The Morgan fingerprint density at radius 1 is 1.14 bits per heavy atom. The van der Waals surface area contributed by atoms with Gasteiger partial charge >= 0.3 is 0 Å². The van der Waals surface area contributed by atoms with Crippen LogP contribution in [0.15, 0.2) is 30.3 Å². The Hall–Kier alpha value is -1.96. The topological polar surface area (TPSA) is 42.2 Å². The molecule has 0 amide bonds. The minimum atomic E-state index is -0.417. The Morgan fingerprint density at radius 3 is 2.55 bits per heavy atom. The highest BCUT2D eigenvalue weighted by Gasteiger charge is 2.13. The van der Waals surface area contributed by atoms with Crippen molar-refractivity contribution in [3.05, 3.63) is 57.3 Å². The van der Waals surface area contributed by atoms with Crippen molar-refractivity contribution in [2.75, 3.05) is 6.61 Å². The molecule has 0 aliphatic heterocycles. The summed E-state index contributed by atoms with van der Waals surface area (Å²) in [4.78, 5) is 0. The molecule has 0 unspecified atom stereocenters. The summed E-state index contributed by atoms with van der Waals surface area (Å²) < 4.78 is 24.1. The number of halogens is 3. The molecule has 0 atom stereocenters. The van der Waals surface area contributed by atoms with Crippen LogP contribution in [-0.4, -0.2) is 6.61 Å². The number of nitrogens with zero attached hydrogens (tertiary/aromatic N) is 1. The molecule has 2 rings (SSSR count). The first-order chi connectivity index (χ1) is 10.5. The summed E-state index contributed by atoms with van der Waals surface area (Å²) in [5.74, 6) is 0.285. The van der Waals surface area contributed by atoms with Crippen LogP contribution in [0.4, 0.5) is 4.39 Å². The second-order valence-electron chi connectivity index (χ2n) is 4.35. The molecule has 0 saturated heterocycles. The smallest absolute Gasteiger partial charge is 0.180 e. The summed E-state index contributed by atoms with van der Waals surface area (Å²) >= 11 is 12.1. The van der Waals surface area contributed by atoms with E-state index in [0.717, 1.165) is 0 Å². The fourth-order valence-electron chi connectivity index (χ4n) is 1.82. The van der Waals surface area contributed by atoms with Gasteiger partial charge in [-0.3, -0.25) is 0 Å². The van der Waals surface area contributed by atoms with E-state index in [4.69, 9.17) is 37.9 Å². The molecule has 0 radical (unpaired) electrons. The zero-order chi connectivity index (χ0) is 16.1. The van der Waals surface area contributed by atoms with Crippen LogP contribution in [0, 0.1) is 17.1 Å². The molecule has 0 fully saturated rings. The molecule has 0 saturated carbocycles. The van der Waals surface area contributed by atoms with Gasteiger partial charge in [0, 0.05) is 11.6 Å². The van der Waals surface area contributed by atoms with Gasteiger partial charge in [-0.25, -0.2) is 4.39 Å². The third-order valence-electron chi connectivity index (χ3n) is 2.83. The maximum Gasteiger partial charge on any atom is 0.180 e. The van der Waals surface area contributed by atoms with Gasteiger partial charge in [-0.05, 0) is 25.1 Å². The number of ether oxygens (including phenoxy) is 2. The maximum atomic E-state index is 13.0. The summed E-state index contributed by atoms with van der Waals surface area (Å²) in [6, 6.07) is 9.09. The predicted octanol–water partition coefficient (Wildman–Crippen LogP) is 4.98. The quantitative estimate of drug-likeness (QED) is 0.771. The van der Waals surface area contributed by atoms with Crippen molar-refractivity contribution >= 4 is 23.2 Å². The highest BCUT2D eigenvalue weighted by Crippen LogP contribution is 2.37. The van der Waals surface area contributed by atoms with Gasteiger partial charge in [0.25, 0.3) is 0 Å². The van der Waals surface area contributed by atoms with Crippen LogP contribution in [0.25, 0.3) is 0 Å². The van der Waals surface area contributed by atoms with Gasteiger partial charge in [-0.15, -0.1) is 0 Å². The van der Waals surface area contributed by atoms with E-state index >= 15 is 0 Å². The van der Waals surface area contributed by atoms with Crippen molar-refractivity contribution < 1.29 is 13.9 Å². The van der Waals surface area contributed by atoms with Gasteiger partial charge in [0.2, 0.25) is 0 Å². The first-order valence-corrected chi connectivity index (χ1v) is 7.24. The Bertz CT molecular complexity index is 729. The highest BCUT2D eigenvalue weighted by molar-refractivity contribution is 6.32. The highest BCUT2D eigenvalue weighted by atomic mass is 35.5. The number of benzene rings is 2. The predicted molar refractivity (Wildman–Crippen MR) is 83.1 cm³/mol. The van der Waals surface area contributed by atoms with E-state index in [9.17, 15) is 4.39 Å². The van der Waals surface area contributed by atoms with Crippen LogP contribution in [0.2, 0.25) is 10.0 Å². The van der Waals surface area contributed by atoms with Crippen molar-refractivity contribution in [2.45, 2.75) is 13.5 Å². The van der Waals surface area contributed by atoms with E-state index in [1.165, 1.54) is 24.3 Å². The lowest BCUT2D eigenvalue weighted by Crippen LogP contribution is -2.01. The van der Waals surface area contributed by atoms with E-state index in [-0.39, 0.29) is 16.7 Å². The third-order valence-corrected chi connectivity index (χ3v) is 3.46. The molecule has 6 heteroatoms. The molecule has 2 aromatic rings. The second-order valence-corrected chi connectivity index (χ2v) is 5.17. The third kappa shape index (κ3) is 3.82. The van der Waals surface area contributed by atoms with E-state index in [1.54, 1.807) is 6.07 Å². The molecule has 0 aliphatic carbocycles. The minimum Gasteiger partial charge on any atom is -0.490 e. The van der Waals surface area contributed by atoms with Crippen LogP contribution in [-0.2, 0) is 6.61 Å². The number of hydrogen-bond acceptors (Lipinski definition) is 3. The molecular formula is C16H12Cl2FNO2. The lowest BCUT2D eigenvalue weighted by molar-refractivity contribution is 0.269. The second kappa shape index (κ2) is 7.35. The van der Waals surface area contributed by atoms with Crippen molar-refractivity contribution in [1.29, 1.82) is 5.26 Å². The zero-order valence-corrected chi connectivity index (χ0v) is 13.2. The molecule has 0 N–H and O–H groups in total. The van der Waals surface area contributed by atoms with Crippen molar-refractivity contribution in [1.82, 2.24) is 0 Å². The Balaban J connectivity index is 2.27. The fraction of sp³-hybridized carbons (Fsp3) is 0.188.